The Morgan fingerprint density at radius 1 is 1.27 bits per heavy atom. The number of carbonyl (C=O) groups is 1. The molecule has 0 unspecified atom stereocenters. The molecule has 0 aromatic carbocycles. The number of nitrogens with zero attached hydrogens (tertiary/aromatic N) is 3. The lowest BCUT2D eigenvalue weighted by molar-refractivity contribution is 0.0996. The highest BCUT2D eigenvalue weighted by atomic mass is 16.1. The maximum Gasteiger partial charge on any atom is 0.267 e. The molecule has 0 aliphatic rings. The van der Waals surface area contributed by atoms with Crippen molar-refractivity contribution in [2.45, 2.75) is 13.3 Å². The van der Waals surface area contributed by atoms with E-state index >= 15 is 0 Å². The van der Waals surface area contributed by atoms with Crippen LogP contribution in [0.5, 0.6) is 0 Å². The van der Waals surface area contributed by atoms with Gasteiger partial charge in [-0.15, -0.1) is 0 Å². The molecule has 0 aliphatic carbocycles. The quantitative estimate of drug-likeness (QED) is 0.767. The molecule has 0 radical (unpaired) electrons. The van der Waals surface area contributed by atoms with Crippen LogP contribution in [0.4, 0.5) is 5.82 Å². The van der Waals surface area contributed by atoms with Gasteiger partial charge in [-0.3, -0.25) is 14.8 Å². The summed E-state index contributed by atoms with van der Waals surface area (Å²) in [4.78, 5) is 23.9. The van der Waals surface area contributed by atoms with Gasteiger partial charge < -0.3 is 11.5 Å². The number of hydrogen-bond donors (Lipinski definition) is 2. The highest BCUT2D eigenvalue weighted by molar-refractivity contribution is 5.99. The molecule has 110 valence electrons. The van der Waals surface area contributed by atoms with Crippen molar-refractivity contribution < 1.29 is 4.79 Å². The SMILES string of the molecule is CCc1ccncc1-c1cc2cc(C(N)=O)ncc2c(N)n1. The summed E-state index contributed by atoms with van der Waals surface area (Å²) >= 11 is 0. The Hall–Kier alpha value is -3.02. The van der Waals surface area contributed by atoms with Gasteiger partial charge in [0.1, 0.15) is 11.5 Å². The average molecular weight is 293 g/mol. The first-order chi connectivity index (χ1) is 10.6. The number of primary amides is 1. The first kappa shape index (κ1) is 13.9. The predicted octanol–water partition coefficient (Wildman–Crippen LogP) is 1.94. The minimum absolute atomic E-state index is 0.200. The van der Waals surface area contributed by atoms with Gasteiger partial charge in [-0.25, -0.2) is 4.98 Å². The third kappa shape index (κ3) is 2.35. The number of carbonyl (C=O) groups excluding carboxylic acids is 1. The van der Waals surface area contributed by atoms with E-state index in [0.29, 0.717) is 11.2 Å². The van der Waals surface area contributed by atoms with Gasteiger partial charge in [-0.2, -0.15) is 0 Å². The molecule has 3 rings (SSSR count). The van der Waals surface area contributed by atoms with Gasteiger partial charge >= 0.3 is 0 Å². The number of fused-ring (bicyclic) bond motifs is 1. The topological polar surface area (TPSA) is 108 Å². The van der Waals surface area contributed by atoms with Gasteiger partial charge in [0.05, 0.1) is 5.69 Å². The van der Waals surface area contributed by atoms with Crippen molar-refractivity contribution in [3.63, 3.8) is 0 Å². The molecule has 3 aromatic rings. The fraction of sp³-hybridized carbons (Fsp3) is 0.125. The lowest BCUT2D eigenvalue weighted by Crippen LogP contribution is -2.12. The predicted molar refractivity (Wildman–Crippen MR) is 85.1 cm³/mol. The molecule has 0 spiro atoms. The van der Waals surface area contributed by atoms with Crippen LogP contribution in [0.2, 0.25) is 0 Å². The zero-order chi connectivity index (χ0) is 15.7. The second kappa shape index (κ2) is 5.40. The van der Waals surface area contributed by atoms with Crippen molar-refractivity contribution in [1.29, 1.82) is 0 Å². The van der Waals surface area contributed by atoms with E-state index in [1.165, 1.54) is 6.20 Å². The van der Waals surface area contributed by atoms with Gasteiger partial charge in [-0.05, 0) is 35.6 Å². The third-order valence-electron chi connectivity index (χ3n) is 3.57. The van der Waals surface area contributed by atoms with E-state index in [9.17, 15) is 4.79 Å². The number of rotatable bonds is 3. The Morgan fingerprint density at radius 3 is 2.82 bits per heavy atom. The van der Waals surface area contributed by atoms with E-state index in [0.717, 1.165) is 28.6 Å². The van der Waals surface area contributed by atoms with E-state index in [2.05, 4.69) is 21.9 Å². The second-order valence-corrected chi connectivity index (χ2v) is 4.93. The summed E-state index contributed by atoms with van der Waals surface area (Å²) in [6, 6.07) is 5.45. The van der Waals surface area contributed by atoms with Crippen LogP contribution in [-0.2, 0) is 6.42 Å². The van der Waals surface area contributed by atoms with Gasteiger partial charge in [0.15, 0.2) is 0 Å². The van der Waals surface area contributed by atoms with Crippen molar-refractivity contribution in [2.24, 2.45) is 5.73 Å². The first-order valence-electron chi connectivity index (χ1n) is 6.89. The summed E-state index contributed by atoms with van der Waals surface area (Å²) in [6.45, 7) is 2.07. The summed E-state index contributed by atoms with van der Waals surface area (Å²) in [6.07, 6.45) is 5.90. The summed E-state index contributed by atoms with van der Waals surface area (Å²) in [5.41, 5.74) is 14.3. The Labute approximate surface area is 127 Å². The van der Waals surface area contributed by atoms with E-state index in [-0.39, 0.29) is 5.69 Å². The van der Waals surface area contributed by atoms with Gasteiger partial charge in [-0.1, -0.05) is 6.92 Å². The Morgan fingerprint density at radius 2 is 2.09 bits per heavy atom. The van der Waals surface area contributed by atoms with Crippen molar-refractivity contribution in [1.82, 2.24) is 15.0 Å². The normalized spacial score (nSPS) is 10.8. The van der Waals surface area contributed by atoms with Gasteiger partial charge in [0.2, 0.25) is 0 Å². The van der Waals surface area contributed by atoms with Crippen LogP contribution in [-0.4, -0.2) is 20.9 Å². The average Bonchev–Trinajstić information content (AvgIpc) is 2.54. The molecule has 0 atom stereocenters. The zero-order valence-corrected chi connectivity index (χ0v) is 12.1. The molecular weight excluding hydrogens is 278 g/mol. The number of aryl methyl sites for hydroxylation is 1. The lowest BCUT2D eigenvalue weighted by atomic mass is 10.0. The number of nitrogens with two attached hydrogens (primary N) is 2. The third-order valence-corrected chi connectivity index (χ3v) is 3.57. The van der Waals surface area contributed by atoms with Gasteiger partial charge in [0, 0.05) is 29.5 Å². The van der Waals surface area contributed by atoms with Crippen LogP contribution in [0, 0.1) is 0 Å². The summed E-state index contributed by atoms with van der Waals surface area (Å²) in [5, 5.41) is 1.47. The maximum absolute atomic E-state index is 11.3. The molecule has 3 heterocycles. The van der Waals surface area contributed by atoms with Crippen molar-refractivity contribution in [3.05, 3.63) is 48.0 Å². The number of hydrogen-bond acceptors (Lipinski definition) is 5. The molecule has 1 amide bonds. The number of pyridine rings is 3. The van der Waals surface area contributed by atoms with Crippen molar-refractivity contribution in [2.75, 3.05) is 5.73 Å². The highest BCUT2D eigenvalue weighted by Gasteiger charge is 2.11. The van der Waals surface area contributed by atoms with Crippen LogP contribution in [0.25, 0.3) is 22.0 Å². The smallest absolute Gasteiger partial charge is 0.267 e. The Bertz CT molecular complexity index is 876. The van der Waals surface area contributed by atoms with Crippen molar-refractivity contribution in [3.8, 4) is 11.3 Å². The molecule has 3 aromatic heterocycles. The van der Waals surface area contributed by atoms with E-state index in [4.69, 9.17) is 11.5 Å². The van der Waals surface area contributed by atoms with Crippen LogP contribution in [0.3, 0.4) is 0 Å². The number of aromatic nitrogens is 3. The standard InChI is InChI=1S/C16H15N5O/c1-2-9-3-4-19-7-11(9)13-5-10-6-14(16(18)22)20-8-12(10)15(17)21-13/h3-8H,2H2,1H3,(H2,17,21)(H2,18,22). The number of amides is 1. The Kier molecular flexibility index (Phi) is 3.42. The molecule has 0 fully saturated rings. The van der Waals surface area contributed by atoms with Crippen LogP contribution in [0.1, 0.15) is 23.0 Å². The minimum atomic E-state index is -0.575. The molecule has 6 heteroatoms. The van der Waals surface area contributed by atoms with E-state index in [1.807, 2.05) is 12.1 Å². The zero-order valence-electron chi connectivity index (χ0n) is 12.1. The second-order valence-electron chi connectivity index (χ2n) is 4.93. The first-order valence-corrected chi connectivity index (χ1v) is 6.89. The molecule has 6 nitrogen and oxygen atoms in total. The van der Waals surface area contributed by atoms with Crippen molar-refractivity contribution >= 4 is 22.5 Å². The number of anilines is 1. The van der Waals surface area contributed by atoms with Crippen LogP contribution < -0.4 is 11.5 Å². The molecular formula is C16H15N5O. The molecule has 0 saturated carbocycles. The Balaban J connectivity index is 2.25. The minimum Gasteiger partial charge on any atom is -0.383 e. The maximum atomic E-state index is 11.3. The summed E-state index contributed by atoms with van der Waals surface area (Å²) < 4.78 is 0. The van der Waals surface area contributed by atoms with Crippen LogP contribution in [0.15, 0.2) is 36.8 Å². The fourth-order valence-corrected chi connectivity index (χ4v) is 2.41. The van der Waals surface area contributed by atoms with E-state index in [1.54, 1.807) is 18.5 Å². The van der Waals surface area contributed by atoms with E-state index < -0.39 is 5.91 Å². The fourth-order valence-electron chi connectivity index (χ4n) is 2.41. The highest BCUT2D eigenvalue weighted by Crippen LogP contribution is 2.28. The summed E-state index contributed by atoms with van der Waals surface area (Å²) in [7, 11) is 0. The van der Waals surface area contributed by atoms with Crippen LogP contribution >= 0.6 is 0 Å². The molecule has 0 bridgehead atoms. The largest absolute Gasteiger partial charge is 0.383 e. The molecule has 0 aliphatic heterocycles. The lowest BCUT2D eigenvalue weighted by Gasteiger charge is -2.09. The van der Waals surface area contributed by atoms with Gasteiger partial charge in [0.25, 0.3) is 5.91 Å². The molecule has 4 N–H and O–H groups in total. The monoisotopic (exact) mass is 293 g/mol. The summed E-state index contributed by atoms with van der Waals surface area (Å²) in [5.74, 6) is -0.212. The number of nitrogen functional groups attached to an aromatic ring is 1. The molecule has 22 heavy (non-hydrogen) atoms. The molecule has 0 saturated heterocycles.